The maximum atomic E-state index is 3.75. The number of hydrogen-bond acceptors (Lipinski definition) is 4. The van der Waals surface area contributed by atoms with Gasteiger partial charge < -0.3 is 0 Å². The van der Waals surface area contributed by atoms with Gasteiger partial charge in [0.1, 0.15) is 0 Å². The van der Waals surface area contributed by atoms with Gasteiger partial charge in [0.15, 0.2) is 0 Å². The first-order chi connectivity index (χ1) is 19.9. The zero-order chi connectivity index (χ0) is 30.5. The molecule has 4 nitrogen and oxygen atoms in total. The molecule has 0 N–H and O–H groups in total. The van der Waals surface area contributed by atoms with E-state index >= 15 is 0 Å². The van der Waals surface area contributed by atoms with Crippen LogP contribution in [-0.4, -0.2) is 55.8 Å². The molecule has 1 saturated heterocycles. The van der Waals surface area contributed by atoms with E-state index in [2.05, 4.69) is 181 Å². The third kappa shape index (κ3) is 5.57. The molecule has 0 radical (unpaired) electrons. The first-order valence-electron chi connectivity index (χ1n) is 14.7. The van der Waals surface area contributed by atoms with Gasteiger partial charge in [0.25, 0.3) is 0 Å². The molecule has 0 atom stereocenters. The molecule has 1 heterocycles. The van der Waals surface area contributed by atoms with Gasteiger partial charge in [-0.2, -0.15) is 0 Å². The van der Waals surface area contributed by atoms with E-state index in [-0.39, 0.29) is 13.7 Å². The summed E-state index contributed by atoms with van der Waals surface area (Å²) in [6, 6.07) is 27.2. The zero-order valence-corrected chi connectivity index (χ0v) is 28.2. The summed E-state index contributed by atoms with van der Waals surface area (Å²) in [5.74, 6) is 0. The van der Waals surface area contributed by atoms with Crippen LogP contribution in [0.3, 0.4) is 0 Å². The summed E-state index contributed by atoms with van der Waals surface area (Å²) in [6.45, 7) is 13.4. The monoisotopic (exact) mass is 646 g/mol. The van der Waals surface area contributed by atoms with Gasteiger partial charge in [0.2, 0.25) is 0 Å². The third-order valence-corrected chi connectivity index (χ3v) is 9.15. The Morgan fingerprint density at radius 3 is 1.17 bits per heavy atom. The van der Waals surface area contributed by atoms with E-state index in [1.54, 1.807) is 0 Å². The molecule has 0 aromatic heterocycles. The van der Waals surface area contributed by atoms with E-state index < -0.39 is 0 Å². The van der Waals surface area contributed by atoms with Gasteiger partial charge in [-0.15, -0.1) is 0 Å². The van der Waals surface area contributed by atoms with Gasteiger partial charge in [0, 0.05) is 0 Å². The summed E-state index contributed by atoms with van der Waals surface area (Å²) < 4.78 is 1.07. The summed E-state index contributed by atoms with van der Waals surface area (Å²) in [4.78, 5) is 9.55. The predicted octanol–water partition coefficient (Wildman–Crippen LogP) is 7.01. The maximum absolute atomic E-state index is 3.75. The number of nitrogens with zero attached hydrogens (tertiary/aromatic N) is 4. The molecule has 0 aliphatic carbocycles. The minimum atomic E-state index is 0.0754. The van der Waals surface area contributed by atoms with Crippen LogP contribution in [0.15, 0.2) is 72.8 Å². The molecular formula is C35H42B2N4Pd. The van der Waals surface area contributed by atoms with Crippen LogP contribution in [0.5, 0.6) is 0 Å². The average Bonchev–Trinajstić information content (AvgIpc) is 3.21. The summed E-state index contributed by atoms with van der Waals surface area (Å²) in [6.07, 6.45) is 0. The second kappa shape index (κ2) is 12.0. The molecule has 4 aromatic carbocycles. The van der Waals surface area contributed by atoms with Crippen molar-refractivity contribution in [3.05, 3.63) is 106 Å². The van der Waals surface area contributed by atoms with Gasteiger partial charge in [-0.25, -0.2) is 0 Å². The van der Waals surface area contributed by atoms with Crippen molar-refractivity contribution in [3.8, 4) is 22.3 Å². The molecule has 0 unspecified atom stereocenters. The first-order valence-corrected chi connectivity index (χ1v) is 15.4. The number of rotatable bonds is 6. The fourth-order valence-electron chi connectivity index (χ4n) is 6.98. The Hall–Kier alpha value is -2.94. The number of benzene rings is 4. The molecule has 7 heteroatoms. The molecule has 1 aliphatic heterocycles. The summed E-state index contributed by atoms with van der Waals surface area (Å²) in [5.41, 5.74) is 15.3. The van der Waals surface area contributed by atoms with Gasteiger partial charge in [-0.05, 0) is 0 Å². The number of hydrogen-bond donors (Lipinski definition) is 0. The number of aryl methyl sites for hydroxylation is 6. The van der Waals surface area contributed by atoms with E-state index in [9.17, 15) is 0 Å². The van der Waals surface area contributed by atoms with E-state index in [4.69, 9.17) is 0 Å². The van der Waals surface area contributed by atoms with Crippen LogP contribution in [0.2, 0.25) is 0 Å². The van der Waals surface area contributed by atoms with Crippen molar-refractivity contribution in [1.29, 1.82) is 0 Å². The summed E-state index contributed by atoms with van der Waals surface area (Å²) in [5, 5.41) is 0. The van der Waals surface area contributed by atoms with E-state index in [1.807, 2.05) is 0 Å². The molecule has 1 aliphatic rings. The Morgan fingerprint density at radius 1 is 0.524 bits per heavy atom. The minimum absolute atomic E-state index is 0.0754. The van der Waals surface area contributed by atoms with Gasteiger partial charge in [-0.1, -0.05) is 0 Å². The molecule has 0 bridgehead atoms. The second-order valence-electron chi connectivity index (χ2n) is 12.4. The molecule has 218 valence electrons. The molecular weight excluding hydrogens is 604 g/mol. The molecule has 0 spiro atoms. The van der Waals surface area contributed by atoms with Crippen molar-refractivity contribution in [2.75, 3.05) is 37.8 Å². The van der Waals surface area contributed by atoms with Crippen molar-refractivity contribution >= 4 is 29.4 Å². The molecule has 0 saturated carbocycles. The van der Waals surface area contributed by atoms with E-state index in [0.29, 0.717) is 0 Å². The molecule has 1 fully saturated rings. The Balaban J connectivity index is 1.63. The van der Waals surface area contributed by atoms with Crippen molar-refractivity contribution in [2.45, 2.75) is 41.5 Å². The predicted molar refractivity (Wildman–Crippen MR) is 181 cm³/mol. The van der Waals surface area contributed by atoms with Gasteiger partial charge in [0.05, 0.1) is 0 Å². The molecule has 42 heavy (non-hydrogen) atoms. The Bertz CT molecular complexity index is 1500. The molecule has 0 amide bonds. The van der Waals surface area contributed by atoms with Crippen LogP contribution in [0.25, 0.3) is 22.3 Å². The Morgan fingerprint density at radius 2 is 0.857 bits per heavy atom. The van der Waals surface area contributed by atoms with Crippen LogP contribution in [-0.2, 0) is 18.7 Å². The van der Waals surface area contributed by atoms with Crippen LogP contribution in [0.1, 0.15) is 33.4 Å². The van der Waals surface area contributed by atoms with Gasteiger partial charge in [-0.3, -0.25) is 0 Å². The first kappa shape index (κ1) is 30.5. The fraction of sp³-hybridized carbons (Fsp3) is 0.286. The zero-order valence-electron chi connectivity index (χ0n) is 26.7. The Kier molecular flexibility index (Phi) is 8.70. The Labute approximate surface area is 264 Å². The van der Waals surface area contributed by atoms with E-state index in [1.165, 1.54) is 67.0 Å². The summed E-state index contributed by atoms with van der Waals surface area (Å²) in [7, 11) is 8.71. The van der Waals surface area contributed by atoms with Crippen molar-refractivity contribution in [1.82, 2.24) is 9.62 Å². The topological polar surface area (TPSA) is 13.0 Å². The standard InChI is InChI=1S/C35H42B2N4.Pd/c1-24-17-26(3)34(27(4)18-24)30-13-11-15-32(21-30)40-23-41(37(39(9)10)36(40)38(7)8)33-16-12-14-31(22-33)35-28(5)19-25(2)20-29(35)6;/h11-22H,1-10H3;. The molecule has 5 rings (SSSR count). The normalized spacial score (nSPS) is 13.8. The van der Waals surface area contributed by atoms with Crippen LogP contribution in [0, 0.1) is 41.5 Å². The number of anilines is 2. The third-order valence-electron chi connectivity index (χ3n) is 8.40. The quantitative estimate of drug-likeness (QED) is 0.209. The van der Waals surface area contributed by atoms with Crippen LogP contribution < -0.4 is 9.62 Å². The van der Waals surface area contributed by atoms with Crippen LogP contribution >= 0.6 is 0 Å². The van der Waals surface area contributed by atoms with Crippen molar-refractivity contribution < 1.29 is 18.7 Å². The fourth-order valence-corrected chi connectivity index (χ4v) is 7.79. The van der Waals surface area contributed by atoms with E-state index in [0.717, 1.165) is 4.23 Å². The van der Waals surface area contributed by atoms with Gasteiger partial charge >= 0.3 is 266 Å². The van der Waals surface area contributed by atoms with Crippen LogP contribution in [0.4, 0.5) is 11.4 Å². The van der Waals surface area contributed by atoms with Crippen molar-refractivity contribution in [2.24, 2.45) is 0 Å². The average molecular weight is 647 g/mol. The SMILES string of the molecule is Cc1cc(C)c(-c2cccc(N3B(N(C)C)B(N(C)C)N(c4cccc(-c5c(C)cc(C)cc5C)c4)[C]3=[Pd])c2)c(C)c1. The second-order valence-corrected chi connectivity index (χ2v) is 13.1. The summed E-state index contributed by atoms with van der Waals surface area (Å²) >= 11 is 3.75. The van der Waals surface area contributed by atoms with Crippen molar-refractivity contribution in [3.63, 3.8) is 0 Å². The molecule has 4 aromatic rings.